The van der Waals surface area contributed by atoms with Gasteiger partial charge in [0.05, 0.1) is 11.1 Å². The summed E-state index contributed by atoms with van der Waals surface area (Å²) in [6, 6.07) is 9.21. The summed E-state index contributed by atoms with van der Waals surface area (Å²) in [6.45, 7) is 6.93. The van der Waals surface area contributed by atoms with E-state index in [1.54, 1.807) is 18.3 Å². The second kappa shape index (κ2) is 7.47. The van der Waals surface area contributed by atoms with Crippen LogP contribution in [0.25, 0.3) is 10.9 Å². The van der Waals surface area contributed by atoms with Crippen LogP contribution in [0.4, 0.5) is 5.69 Å². The van der Waals surface area contributed by atoms with Crippen molar-refractivity contribution in [3.8, 4) is 5.88 Å². The fraction of sp³-hybridized carbons (Fsp3) is 0.300. The lowest BCUT2D eigenvalue weighted by molar-refractivity contribution is 0.0994. The highest BCUT2D eigenvalue weighted by atomic mass is 16.3. The molecule has 0 aliphatic heterocycles. The summed E-state index contributed by atoms with van der Waals surface area (Å²) in [5.41, 5.74) is 2.62. The lowest BCUT2D eigenvalue weighted by atomic mass is 10.1. The Bertz CT molecular complexity index is 959. The fourth-order valence-corrected chi connectivity index (χ4v) is 2.79. The van der Waals surface area contributed by atoms with Crippen molar-refractivity contribution in [2.75, 3.05) is 0 Å². The number of benzene rings is 1. The molecule has 3 rings (SSSR count). The molecule has 1 aromatic carbocycles. The number of aromatic nitrogens is 2. The molecule has 0 saturated carbocycles. The molecule has 0 aliphatic rings. The van der Waals surface area contributed by atoms with Crippen LogP contribution < -0.4 is 0 Å². The normalized spacial score (nSPS) is 11.7. The molecule has 0 spiro atoms. The van der Waals surface area contributed by atoms with E-state index >= 15 is 0 Å². The van der Waals surface area contributed by atoms with Crippen molar-refractivity contribution in [3.63, 3.8) is 0 Å². The third kappa shape index (κ3) is 3.64. The summed E-state index contributed by atoms with van der Waals surface area (Å²) in [4.78, 5) is 16.1. The van der Waals surface area contributed by atoms with Gasteiger partial charge in [0, 0.05) is 24.3 Å². The maximum absolute atomic E-state index is 12.2. The average molecular weight is 350 g/mol. The number of aromatic hydroxyl groups is 1. The molecule has 0 aliphatic carbocycles. The molecule has 0 radical (unpaired) electrons. The van der Waals surface area contributed by atoms with Gasteiger partial charge in [0.15, 0.2) is 5.69 Å². The second-order valence-electron chi connectivity index (χ2n) is 6.77. The molecule has 26 heavy (non-hydrogen) atoms. The SMILES string of the molecule is Cc1ccc2c(c1)c(N=NC(=O)c1cccnc1)c(O)n2CCC(C)C. The molecule has 134 valence electrons. The second-order valence-corrected chi connectivity index (χ2v) is 6.77. The van der Waals surface area contributed by atoms with Crippen LogP contribution in [0.5, 0.6) is 5.88 Å². The number of carbonyl (C=O) groups is 1. The molecule has 2 aromatic heterocycles. The zero-order chi connectivity index (χ0) is 18.7. The van der Waals surface area contributed by atoms with Gasteiger partial charge < -0.3 is 9.67 Å². The molecule has 0 unspecified atom stereocenters. The number of carbonyl (C=O) groups excluding carboxylic acids is 1. The third-order valence-electron chi connectivity index (χ3n) is 4.24. The number of rotatable bonds is 5. The fourth-order valence-electron chi connectivity index (χ4n) is 2.79. The summed E-state index contributed by atoms with van der Waals surface area (Å²) in [5, 5.41) is 19.3. The summed E-state index contributed by atoms with van der Waals surface area (Å²) in [7, 11) is 0. The quantitative estimate of drug-likeness (QED) is 0.656. The zero-order valence-corrected chi connectivity index (χ0v) is 15.2. The first-order valence-corrected chi connectivity index (χ1v) is 8.65. The highest BCUT2D eigenvalue weighted by Crippen LogP contribution is 2.39. The third-order valence-corrected chi connectivity index (χ3v) is 4.24. The Morgan fingerprint density at radius 1 is 1.31 bits per heavy atom. The molecule has 6 heteroatoms. The van der Waals surface area contributed by atoms with Crippen LogP contribution >= 0.6 is 0 Å². The van der Waals surface area contributed by atoms with Crippen molar-refractivity contribution in [2.45, 2.75) is 33.7 Å². The largest absolute Gasteiger partial charge is 0.493 e. The average Bonchev–Trinajstić information content (AvgIpc) is 2.89. The predicted molar refractivity (Wildman–Crippen MR) is 101 cm³/mol. The lowest BCUT2D eigenvalue weighted by Crippen LogP contribution is -2.00. The van der Waals surface area contributed by atoms with Gasteiger partial charge in [0.25, 0.3) is 5.91 Å². The number of pyridine rings is 1. The molecule has 0 saturated heterocycles. The molecular formula is C20H22N4O2. The van der Waals surface area contributed by atoms with Gasteiger partial charge in [-0.1, -0.05) is 25.5 Å². The van der Waals surface area contributed by atoms with Gasteiger partial charge in [-0.3, -0.25) is 9.78 Å². The summed E-state index contributed by atoms with van der Waals surface area (Å²) >= 11 is 0. The number of aryl methyl sites for hydroxylation is 2. The van der Waals surface area contributed by atoms with Crippen LogP contribution in [-0.2, 0) is 6.54 Å². The van der Waals surface area contributed by atoms with Crippen molar-refractivity contribution in [2.24, 2.45) is 16.1 Å². The highest BCUT2D eigenvalue weighted by Gasteiger charge is 2.17. The lowest BCUT2D eigenvalue weighted by Gasteiger charge is -2.09. The first kappa shape index (κ1) is 17.8. The van der Waals surface area contributed by atoms with Gasteiger partial charge in [0.2, 0.25) is 5.88 Å². The smallest absolute Gasteiger partial charge is 0.296 e. The molecule has 0 fully saturated rings. The van der Waals surface area contributed by atoms with Crippen molar-refractivity contribution in [1.82, 2.24) is 9.55 Å². The Morgan fingerprint density at radius 3 is 2.81 bits per heavy atom. The first-order valence-electron chi connectivity index (χ1n) is 8.65. The summed E-state index contributed by atoms with van der Waals surface area (Å²) in [5.74, 6) is 0.0525. The maximum atomic E-state index is 12.2. The predicted octanol–water partition coefficient (Wildman–Crippen LogP) is 5.02. The Labute approximate surface area is 152 Å². The van der Waals surface area contributed by atoms with E-state index in [0.29, 0.717) is 23.7 Å². The number of fused-ring (bicyclic) bond motifs is 1. The van der Waals surface area contributed by atoms with E-state index in [4.69, 9.17) is 0 Å². The monoisotopic (exact) mass is 350 g/mol. The van der Waals surface area contributed by atoms with Crippen LogP contribution in [0.15, 0.2) is 53.0 Å². The van der Waals surface area contributed by atoms with Crippen molar-refractivity contribution in [3.05, 3.63) is 53.9 Å². The van der Waals surface area contributed by atoms with E-state index in [-0.39, 0.29) is 5.88 Å². The number of nitrogens with zero attached hydrogens (tertiary/aromatic N) is 4. The minimum absolute atomic E-state index is 0.0361. The molecular weight excluding hydrogens is 328 g/mol. The Balaban J connectivity index is 2.02. The van der Waals surface area contributed by atoms with Crippen LogP contribution in [0, 0.1) is 12.8 Å². The van der Waals surface area contributed by atoms with Gasteiger partial charge >= 0.3 is 0 Å². The highest BCUT2D eigenvalue weighted by molar-refractivity contribution is 5.97. The Kier molecular flexibility index (Phi) is 5.11. The van der Waals surface area contributed by atoms with Crippen LogP contribution in [0.2, 0.25) is 0 Å². The topological polar surface area (TPSA) is 79.8 Å². The van der Waals surface area contributed by atoms with Crippen molar-refractivity contribution in [1.29, 1.82) is 0 Å². The van der Waals surface area contributed by atoms with Crippen molar-refractivity contribution >= 4 is 22.5 Å². The van der Waals surface area contributed by atoms with Gasteiger partial charge in [-0.25, -0.2) is 0 Å². The van der Waals surface area contributed by atoms with E-state index in [0.717, 1.165) is 22.9 Å². The summed E-state index contributed by atoms with van der Waals surface area (Å²) in [6.07, 6.45) is 3.96. The molecule has 2 heterocycles. The van der Waals surface area contributed by atoms with Crippen molar-refractivity contribution < 1.29 is 9.90 Å². The van der Waals surface area contributed by atoms with Gasteiger partial charge in [-0.05, 0) is 43.5 Å². The van der Waals surface area contributed by atoms with Gasteiger partial charge in [-0.2, -0.15) is 0 Å². The Morgan fingerprint density at radius 2 is 2.12 bits per heavy atom. The zero-order valence-electron chi connectivity index (χ0n) is 15.2. The van der Waals surface area contributed by atoms with Crippen LogP contribution in [0.1, 0.15) is 36.2 Å². The first-order chi connectivity index (χ1) is 12.5. The number of hydrogen-bond acceptors (Lipinski definition) is 4. The molecule has 6 nitrogen and oxygen atoms in total. The minimum atomic E-state index is -0.492. The molecule has 1 N–H and O–H groups in total. The number of azo groups is 1. The van der Waals surface area contributed by atoms with E-state index in [1.165, 1.54) is 6.20 Å². The maximum Gasteiger partial charge on any atom is 0.296 e. The van der Waals surface area contributed by atoms with E-state index < -0.39 is 5.91 Å². The van der Waals surface area contributed by atoms with Crippen LogP contribution in [0.3, 0.4) is 0 Å². The van der Waals surface area contributed by atoms with E-state index in [9.17, 15) is 9.90 Å². The number of amides is 1. The Hall–Kier alpha value is -3.02. The van der Waals surface area contributed by atoms with Crippen LogP contribution in [-0.4, -0.2) is 20.6 Å². The van der Waals surface area contributed by atoms with E-state index in [2.05, 4.69) is 29.1 Å². The standard InChI is InChI=1S/C20H22N4O2/c1-13(2)8-10-24-17-7-6-14(3)11-16(17)18(20(24)26)22-23-19(25)15-5-4-9-21-12-15/h4-7,9,11-13,26H,8,10H2,1-3H3. The molecule has 0 bridgehead atoms. The molecule has 3 aromatic rings. The van der Waals surface area contributed by atoms with E-state index in [1.807, 2.05) is 29.7 Å². The molecule has 0 atom stereocenters. The summed E-state index contributed by atoms with van der Waals surface area (Å²) < 4.78 is 1.83. The van der Waals surface area contributed by atoms with Gasteiger partial charge in [-0.15, -0.1) is 10.2 Å². The van der Waals surface area contributed by atoms with Gasteiger partial charge in [0.1, 0.15) is 0 Å². The molecule has 1 amide bonds. The minimum Gasteiger partial charge on any atom is -0.493 e. The number of hydrogen-bond donors (Lipinski definition) is 1.